The van der Waals surface area contributed by atoms with Gasteiger partial charge in [0.2, 0.25) is 0 Å². The fourth-order valence-electron chi connectivity index (χ4n) is 2.51. The lowest BCUT2D eigenvalue weighted by Crippen LogP contribution is -2.52. The number of nitrogens with one attached hydrogen (secondary N) is 1. The van der Waals surface area contributed by atoms with Crippen LogP contribution in [0.4, 0.5) is 4.79 Å². The Morgan fingerprint density at radius 1 is 1.30 bits per heavy atom. The number of esters is 1. The van der Waals surface area contributed by atoms with E-state index in [1.807, 2.05) is 30.3 Å². The molecule has 1 N–H and O–H groups in total. The minimum atomic E-state index is -0.466. The first-order chi connectivity index (χ1) is 11.0. The maximum Gasteiger partial charge on any atom is 0.325 e. The van der Waals surface area contributed by atoms with E-state index < -0.39 is 5.97 Å². The summed E-state index contributed by atoms with van der Waals surface area (Å²) < 4.78 is 10.7. The Labute approximate surface area is 136 Å². The van der Waals surface area contributed by atoms with Gasteiger partial charge in [-0.05, 0) is 11.5 Å². The molecule has 2 atom stereocenters. The number of methoxy groups -OCH3 is 1. The Bertz CT molecular complexity index is 533. The van der Waals surface area contributed by atoms with Crippen LogP contribution < -0.4 is 5.32 Å². The summed E-state index contributed by atoms with van der Waals surface area (Å²) in [6.45, 7) is 4.98. The van der Waals surface area contributed by atoms with Crippen LogP contribution in [0, 0.1) is 5.92 Å². The van der Waals surface area contributed by atoms with Crippen molar-refractivity contribution in [2.24, 2.45) is 5.92 Å². The molecular weight excluding hydrogens is 296 g/mol. The fourth-order valence-corrected chi connectivity index (χ4v) is 2.51. The molecule has 23 heavy (non-hydrogen) atoms. The summed E-state index contributed by atoms with van der Waals surface area (Å²) in [6, 6.07) is 9.59. The molecule has 2 rings (SSSR count). The van der Waals surface area contributed by atoms with E-state index in [4.69, 9.17) is 4.74 Å². The molecule has 0 saturated carbocycles. The van der Waals surface area contributed by atoms with Crippen LogP contribution in [-0.2, 0) is 14.3 Å². The van der Waals surface area contributed by atoms with E-state index in [1.165, 1.54) is 7.11 Å². The monoisotopic (exact) mass is 320 g/mol. The SMILES string of the molecule is COC(=O)CNC(=O)N1C[C@@H](c2ccccc2)O[C@@H](C(C)C)C1. The number of hydrogen-bond donors (Lipinski definition) is 1. The zero-order valence-electron chi connectivity index (χ0n) is 13.8. The average molecular weight is 320 g/mol. The van der Waals surface area contributed by atoms with Gasteiger partial charge in [0.05, 0.1) is 19.8 Å². The molecule has 0 unspecified atom stereocenters. The third-order valence-corrected chi connectivity index (χ3v) is 3.94. The highest BCUT2D eigenvalue weighted by Gasteiger charge is 2.33. The van der Waals surface area contributed by atoms with Crippen LogP contribution in [-0.4, -0.2) is 49.7 Å². The molecule has 1 saturated heterocycles. The van der Waals surface area contributed by atoms with E-state index in [1.54, 1.807) is 4.90 Å². The highest BCUT2D eigenvalue weighted by Crippen LogP contribution is 2.28. The second kappa shape index (κ2) is 7.97. The molecule has 0 spiro atoms. The number of nitrogens with zero attached hydrogens (tertiary/aromatic N) is 1. The molecule has 0 aromatic heterocycles. The predicted octanol–water partition coefficient (Wildman–Crippen LogP) is 1.97. The largest absolute Gasteiger partial charge is 0.468 e. The van der Waals surface area contributed by atoms with Crippen molar-refractivity contribution in [1.29, 1.82) is 0 Å². The molecule has 6 heteroatoms. The molecule has 0 aliphatic carbocycles. The van der Waals surface area contributed by atoms with Crippen molar-refractivity contribution in [3.05, 3.63) is 35.9 Å². The number of benzene rings is 1. The molecule has 1 aromatic rings. The number of rotatable bonds is 4. The maximum atomic E-state index is 12.3. The summed E-state index contributed by atoms with van der Waals surface area (Å²) in [7, 11) is 1.30. The van der Waals surface area contributed by atoms with Gasteiger partial charge in [-0.25, -0.2) is 4.79 Å². The number of carbonyl (C=O) groups is 2. The Hall–Kier alpha value is -2.08. The predicted molar refractivity (Wildman–Crippen MR) is 85.9 cm³/mol. The number of morpholine rings is 1. The topological polar surface area (TPSA) is 67.9 Å². The van der Waals surface area contributed by atoms with E-state index in [2.05, 4.69) is 23.9 Å². The highest BCUT2D eigenvalue weighted by atomic mass is 16.5. The van der Waals surface area contributed by atoms with Crippen molar-refractivity contribution in [1.82, 2.24) is 10.2 Å². The van der Waals surface area contributed by atoms with E-state index in [9.17, 15) is 9.59 Å². The molecular formula is C17H24N2O4. The van der Waals surface area contributed by atoms with E-state index >= 15 is 0 Å². The lowest BCUT2D eigenvalue weighted by molar-refractivity contribution is -0.139. The van der Waals surface area contributed by atoms with Crippen LogP contribution in [0.15, 0.2) is 30.3 Å². The van der Waals surface area contributed by atoms with E-state index in [0.29, 0.717) is 13.1 Å². The summed E-state index contributed by atoms with van der Waals surface area (Å²) in [6.07, 6.45) is -0.209. The Morgan fingerprint density at radius 3 is 2.61 bits per heavy atom. The summed E-state index contributed by atoms with van der Waals surface area (Å²) in [5.41, 5.74) is 1.05. The van der Waals surface area contributed by atoms with Crippen LogP contribution >= 0.6 is 0 Å². The van der Waals surface area contributed by atoms with Crippen molar-refractivity contribution >= 4 is 12.0 Å². The number of carbonyl (C=O) groups excluding carboxylic acids is 2. The number of urea groups is 1. The number of ether oxygens (including phenoxy) is 2. The molecule has 126 valence electrons. The summed E-state index contributed by atoms with van der Waals surface area (Å²) in [5, 5.41) is 2.59. The first kappa shape index (κ1) is 17.3. The molecule has 1 fully saturated rings. The zero-order chi connectivity index (χ0) is 16.8. The van der Waals surface area contributed by atoms with E-state index in [0.717, 1.165) is 5.56 Å². The standard InChI is InChI=1S/C17H24N2O4/c1-12(2)14-10-19(17(21)18-9-16(20)22-3)11-15(23-14)13-7-5-4-6-8-13/h4-8,12,14-15H,9-11H2,1-3H3,(H,18,21)/t14-,15+/m1/s1. The Balaban J connectivity index is 2.06. The molecule has 2 amide bonds. The van der Waals surface area contributed by atoms with Crippen LogP contribution in [0.5, 0.6) is 0 Å². The molecule has 1 aliphatic rings. The number of amides is 2. The zero-order valence-corrected chi connectivity index (χ0v) is 13.8. The fraction of sp³-hybridized carbons (Fsp3) is 0.529. The van der Waals surface area contributed by atoms with Crippen molar-refractivity contribution in [2.45, 2.75) is 26.1 Å². The first-order valence-electron chi connectivity index (χ1n) is 7.81. The van der Waals surface area contributed by atoms with Crippen LogP contribution in [0.3, 0.4) is 0 Å². The molecule has 1 aromatic carbocycles. The molecule has 1 aliphatic heterocycles. The quantitative estimate of drug-likeness (QED) is 0.861. The third-order valence-electron chi connectivity index (χ3n) is 3.94. The van der Waals surface area contributed by atoms with Gasteiger partial charge in [-0.1, -0.05) is 44.2 Å². The van der Waals surface area contributed by atoms with Crippen LogP contribution in [0.25, 0.3) is 0 Å². The van der Waals surface area contributed by atoms with Crippen LogP contribution in [0.2, 0.25) is 0 Å². The Morgan fingerprint density at radius 2 is 2.00 bits per heavy atom. The second-order valence-corrected chi connectivity index (χ2v) is 5.96. The van der Waals surface area contributed by atoms with Gasteiger partial charge in [-0.15, -0.1) is 0 Å². The molecule has 0 radical (unpaired) electrons. The maximum absolute atomic E-state index is 12.3. The minimum absolute atomic E-state index is 0.0437. The average Bonchev–Trinajstić information content (AvgIpc) is 2.59. The second-order valence-electron chi connectivity index (χ2n) is 5.96. The summed E-state index contributed by atoms with van der Waals surface area (Å²) in [5.74, 6) is -0.177. The summed E-state index contributed by atoms with van der Waals surface area (Å²) in [4.78, 5) is 25.2. The van der Waals surface area contributed by atoms with Crippen LogP contribution in [0.1, 0.15) is 25.5 Å². The van der Waals surface area contributed by atoms with Gasteiger partial charge in [0.25, 0.3) is 0 Å². The van der Waals surface area contributed by atoms with Gasteiger partial charge in [0.15, 0.2) is 0 Å². The van der Waals surface area contributed by atoms with Gasteiger partial charge in [0, 0.05) is 6.54 Å². The van der Waals surface area contributed by atoms with Crippen molar-refractivity contribution < 1.29 is 19.1 Å². The van der Waals surface area contributed by atoms with Crippen molar-refractivity contribution in [3.8, 4) is 0 Å². The smallest absolute Gasteiger partial charge is 0.325 e. The van der Waals surface area contributed by atoms with Gasteiger partial charge in [-0.2, -0.15) is 0 Å². The number of hydrogen-bond acceptors (Lipinski definition) is 4. The normalized spacial score (nSPS) is 21.1. The molecule has 0 bridgehead atoms. The molecule has 6 nitrogen and oxygen atoms in total. The van der Waals surface area contributed by atoms with Gasteiger partial charge in [0.1, 0.15) is 12.6 Å². The summed E-state index contributed by atoms with van der Waals surface area (Å²) >= 11 is 0. The lowest BCUT2D eigenvalue weighted by atomic mass is 10.0. The van der Waals surface area contributed by atoms with Crippen molar-refractivity contribution in [3.63, 3.8) is 0 Å². The minimum Gasteiger partial charge on any atom is -0.468 e. The van der Waals surface area contributed by atoms with Crippen molar-refractivity contribution in [2.75, 3.05) is 26.7 Å². The first-order valence-corrected chi connectivity index (χ1v) is 7.81. The highest BCUT2D eigenvalue weighted by molar-refractivity contribution is 5.80. The van der Waals surface area contributed by atoms with Gasteiger partial charge < -0.3 is 19.7 Å². The third kappa shape index (κ3) is 4.69. The van der Waals surface area contributed by atoms with Gasteiger partial charge in [-0.3, -0.25) is 4.79 Å². The lowest BCUT2D eigenvalue weighted by Gasteiger charge is -2.39. The Kier molecular flexibility index (Phi) is 5.98. The van der Waals surface area contributed by atoms with Gasteiger partial charge >= 0.3 is 12.0 Å². The van der Waals surface area contributed by atoms with E-state index in [-0.39, 0.29) is 30.7 Å². The molecule has 1 heterocycles.